The van der Waals surface area contributed by atoms with E-state index in [1.54, 1.807) is 18.2 Å². The molecule has 0 aliphatic carbocycles. The molecular formula is C9H8N2O3S2. The van der Waals surface area contributed by atoms with Crippen molar-refractivity contribution >= 4 is 33.3 Å². The minimum Gasteiger partial charge on any atom is -0.301 e. The second kappa shape index (κ2) is 3.84. The molecule has 2 rings (SSSR count). The van der Waals surface area contributed by atoms with E-state index in [-0.39, 0.29) is 16.6 Å². The van der Waals surface area contributed by atoms with Gasteiger partial charge >= 0.3 is 0 Å². The van der Waals surface area contributed by atoms with Gasteiger partial charge in [0, 0.05) is 0 Å². The van der Waals surface area contributed by atoms with Crippen LogP contribution in [0.2, 0.25) is 0 Å². The van der Waals surface area contributed by atoms with E-state index >= 15 is 0 Å². The van der Waals surface area contributed by atoms with Crippen LogP contribution in [0.1, 0.15) is 0 Å². The summed E-state index contributed by atoms with van der Waals surface area (Å²) in [6, 6.07) is 7.86. The van der Waals surface area contributed by atoms with Gasteiger partial charge in [-0.25, -0.2) is 12.7 Å². The Bertz CT molecular complexity index is 539. The van der Waals surface area contributed by atoms with Crippen molar-refractivity contribution in [3.63, 3.8) is 0 Å². The average Bonchev–Trinajstić information content (AvgIpc) is 2.60. The van der Waals surface area contributed by atoms with Crippen LogP contribution >= 0.6 is 12.2 Å². The Labute approximate surface area is 98.1 Å². The number of sulfonamides is 1. The molecule has 16 heavy (non-hydrogen) atoms. The molecule has 1 aromatic rings. The molecule has 0 spiro atoms. The predicted molar refractivity (Wildman–Crippen MR) is 61.1 cm³/mol. The van der Waals surface area contributed by atoms with Gasteiger partial charge in [0.1, 0.15) is 6.54 Å². The maximum absolute atomic E-state index is 12.0. The van der Waals surface area contributed by atoms with Crippen molar-refractivity contribution in [2.24, 2.45) is 0 Å². The molecule has 1 N–H and O–H groups in total. The van der Waals surface area contributed by atoms with Gasteiger partial charge in [0.2, 0.25) is 5.91 Å². The van der Waals surface area contributed by atoms with E-state index in [0.717, 1.165) is 4.31 Å². The molecule has 0 radical (unpaired) electrons. The van der Waals surface area contributed by atoms with Crippen molar-refractivity contribution in [2.75, 3.05) is 6.54 Å². The molecule has 1 aromatic carbocycles. The van der Waals surface area contributed by atoms with Crippen LogP contribution in [-0.2, 0) is 14.8 Å². The fourth-order valence-electron chi connectivity index (χ4n) is 1.34. The lowest BCUT2D eigenvalue weighted by atomic mass is 10.4. The maximum Gasteiger partial charge on any atom is 0.266 e. The molecule has 1 aliphatic rings. The van der Waals surface area contributed by atoms with Crippen LogP contribution in [0.25, 0.3) is 0 Å². The van der Waals surface area contributed by atoms with E-state index < -0.39 is 15.9 Å². The van der Waals surface area contributed by atoms with Crippen molar-refractivity contribution in [3.05, 3.63) is 30.3 Å². The van der Waals surface area contributed by atoms with Crippen LogP contribution in [0, 0.1) is 0 Å². The summed E-state index contributed by atoms with van der Waals surface area (Å²) < 4.78 is 25.0. The minimum absolute atomic E-state index is 0.0751. The Hall–Kier alpha value is -1.47. The first-order valence-corrected chi connectivity index (χ1v) is 6.28. The summed E-state index contributed by atoms with van der Waals surface area (Å²) in [6.45, 7) is -0.254. The van der Waals surface area contributed by atoms with E-state index in [0.29, 0.717) is 0 Å². The third kappa shape index (κ3) is 1.79. The Morgan fingerprint density at radius 2 is 1.88 bits per heavy atom. The number of hydrogen-bond acceptors (Lipinski definition) is 4. The molecule has 7 heteroatoms. The lowest BCUT2D eigenvalue weighted by Gasteiger charge is -2.15. The van der Waals surface area contributed by atoms with Gasteiger partial charge in [-0.15, -0.1) is 0 Å². The summed E-state index contributed by atoms with van der Waals surface area (Å²) >= 11 is 4.78. The van der Waals surface area contributed by atoms with Gasteiger partial charge in [-0.05, 0) is 24.4 Å². The molecular weight excluding hydrogens is 248 g/mol. The highest BCUT2D eigenvalue weighted by atomic mass is 32.2. The second-order valence-corrected chi connectivity index (χ2v) is 5.43. The van der Waals surface area contributed by atoms with Crippen LogP contribution in [-0.4, -0.2) is 30.3 Å². The van der Waals surface area contributed by atoms with Gasteiger partial charge in [-0.2, -0.15) is 0 Å². The van der Waals surface area contributed by atoms with E-state index in [2.05, 4.69) is 5.32 Å². The Balaban J connectivity index is 2.41. The van der Waals surface area contributed by atoms with Gasteiger partial charge in [0.05, 0.1) is 4.90 Å². The van der Waals surface area contributed by atoms with Crippen LogP contribution < -0.4 is 5.32 Å². The number of benzene rings is 1. The molecule has 1 amide bonds. The number of thiocarbonyl (C=S) groups is 1. The summed E-state index contributed by atoms with van der Waals surface area (Å²) in [5.41, 5.74) is 0. The van der Waals surface area contributed by atoms with Gasteiger partial charge in [-0.1, -0.05) is 18.2 Å². The molecule has 1 saturated heterocycles. The standard InChI is InChI=1S/C9H8N2O3S2/c12-8-6-11(9(15)10-8)16(13,14)7-4-2-1-3-5-7/h1-5H,6H2,(H,10,12,15). The monoisotopic (exact) mass is 256 g/mol. The zero-order valence-corrected chi connectivity index (χ0v) is 9.72. The van der Waals surface area contributed by atoms with Crippen molar-refractivity contribution in [3.8, 4) is 0 Å². The fraction of sp³-hybridized carbons (Fsp3) is 0.111. The second-order valence-electron chi connectivity index (χ2n) is 3.18. The highest BCUT2D eigenvalue weighted by Gasteiger charge is 2.34. The van der Waals surface area contributed by atoms with E-state index in [9.17, 15) is 13.2 Å². The normalized spacial score (nSPS) is 16.4. The Morgan fingerprint density at radius 1 is 1.25 bits per heavy atom. The summed E-state index contributed by atoms with van der Waals surface area (Å²) in [5.74, 6) is -0.412. The van der Waals surface area contributed by atoms with Crippen molar-refractivity contribution in [2.45, 2.75) is 4.90 Å². The van der Waals surface area contributed by atoms with Crippen molar-refractivity contribution < 1.29 is 13.2 Å². The zero-order chi connectivity index (χ0) is 11.8. The lowest BCUT2D eigenvalue weighted by molar-refractivity contribution is -0.118. The number of carbonyl (C=O) groups excluding carboxylic acids is 1. The van der Waals surface area contributed by atoms with E-state index in [4.69, 9.17) is 12.2 Å². The molecule has 1 heterocycles. The molecule has 84 valence electrons. The molecule has 1 fully saturated rings. The predicted octanol–water partition coefficient (Wildman–Crippen LogP) is 0.0920. The largest absolute Gasteiger partial charge is 0.301 e. The molecule has 0 aromatic heterocycles. The first kappa shape index (κ1) is 11.0. The van der Waals surface area contributed by atoms with Gasteiger partial charge in [0.25, 0.3) is 10.0 Å². The zero-order valence-electron chi connectivity index (χ0n) is 8.08. The van der Waals surface area contributed by atoms with Gasteiger partial charge in [-0.3, -0.25) is 4.79 Å². The number of nitrogens with one attached hydrogen (secondary N) is 1. The highest BCUT2D eigenvalue weighted by molar-refractivity contribution is 7.91. The van der Waals surface area contributed by atoms with E-state index in [1.165, 1.54) is 12.1 Å². The molecule has 5 nitrogen and oxygen atoms in total. The maximum atomic E-state index is 12.0. The first-order chi connectivity index (χ1) is 7.51. The number of carbonyl (C=O) groups is 1. The average molecular weight is 256 g/mol. The van der Waals surface area contributed by atoms with Crippen molar-refractivity contribution in [1.29, 1.82) is 0 Å². The van der Waals surface area contributed by atoms with Crippen LogP contribution in [0.5, 0.6) is 0 Å². The smallest absolute Gasteiger partial charge is 0.266 e. The number of hydrogen-bond donors (Lipinski definition) is 1. The van der Waals surface area contributed by atoms with Crippen LogP contribution in [0.4, 0.5) is 0 Å². The lowest BCUT2D eigenvalue weighted by Crippen LogP contribution is -2.33. The summed E-state index contributed by atoms with van der Waals surface area (Å²) in [7, 11) is -3.71. The number of rotatable bonds is 2. The molecule has 0 unspecified atom stereocenters. The Morgan fingerprint density at radius 3 is 2.38 bits per heavy atom. The quantitative estimate of drug-likeness (QED) is 0.762. The van der Waals surface area contributed by atoms with Crippen molar-refractivity contribution in [1.82, 2.24) is 9.62 Å². The first-order valence-electron chi connectivity index (χ1n) is 4.43. The molecule has 1 aliphatic heterocycles. The molecule has 0 saturated carbocycles. The number of amides is 1. The summed E-state index contributed by atoms with van der Waals surface area (Å²) in [4.78, 5) is 11.2. The molecule has 0 atom stereocenters. The van der Waals surface area contributed by atoms with E-state index in [1.807, 2.05) is 0 Å². The van der Waals surface area contributed by atoms with Gasteiger partial charge in [0.15, 0.2) is 5.11 Å². The van der Waals surface area contributed by atoms with Crippen LogP contribution in [0.15, 0.2) is 35.2 Å². The SMILES string of the molecule is O=C1CN(S(=O)(=O)c2ccccc2)C(=S)N1. The Kier molecular flexibility index (Phi) is 2.64. The van der Waals surface area contributed by atoms with Gasteiger partial charge < -0.3 is 5.32 Å². The third-order valence-corrected chi connectivity index (χ3v) is 4.29. The summed E-state index contributed by atoms with van der Waals surface area (Å²) in [6.07, 6.45) is 0. The topological polar surface area (TPSA) is 66.5 Å². The fourth-order valence-corrected chi connectivity index (χ4v) is 3.12. The summed E-state index contributed by atoms with van der Waals surface area (Å²) in [5, 5.41) is 2.21. The number of nitrogens with zero attached hydrogens (tertiary/aromatic N) is 1. The highest BCUT2D eigenvalue weighted by Crippen LogP contribution is 2.17. The molecule has 0 bridgehead atoms. The van der Waals surface area contributed by atoms with Crippen LogP contribution in [0.3, 0.4) is 0 Å². The third-order valence-electron chi connectivity index (χ3n) is 2.09. The minimum atomic E-state index is -3.71.